The maximum atomic E-state index is 12.2. The van der Waals surface area contributed by atoms with Crippen LogP contribution in [0.2, 0.25) is 0 Å². The number of anilines is 1. The van der Waals surface area contributed by atoms with Crippen LogP contribution in [0, 0.1) is 6.92 Å². The summed E-state index contributed by atoms with van der Waals surface area (Å²) in [5, 5.41) is 6.27. The van der Waals surface area contributed by atoms with Crippen molar-refractivity contribution < 1.29 is 4.79 Å². The summed E-state index contributed by atoms with van der Waals surface area (Å²) in [5.74, 6) is -0.139. The van der Waals surface area contributed by atoms with Gasteiger partial charge >= 0.3 is 0 Å². The van der Waals surface area contributed by atoms with Gasteiger partial charge < -0.3 is 10.6 Å². The van der Waals surface area contributed by atoms with Crippen molar-refractivity contribution in [1.29, 1.82) is 0 Å². The van der Waals surface area contributed by atoms with Gasteiger partial charge in [-0.1, -0.05) is 19.1 Å². The highest BCUT2D eigenvalue weighted by molar-refractivity contribution is 6.04. The predicted molar refractivity (Wildman–Crippen MR) is 85.5 cm³/mol. The van der Waals surface area contributed by atoms with Crippen molar-refractivity contribution in [3.8, 4) is 0 Å². The minimum Gasteiger partial charge on any atom is -0.322 e. The molecule has 1 aromatic heterocycles. The van der Waals surface area contributed by atoms with Crippen molar-refractivity contribution in [2.24, 2.45) is 0 Å². The lowest BCUT2D eigenvalue weighted by molar-refractivity contribution is 0.102. The van der Waals surface area contributed by atoms with Crippen LogP contribution in [0.3, 0.4) is 0 Å². The molecule has 1 amide bonds. The summed E-state index contributed by atoms with van der Waals surface area (Å²) in [7, 11) is 0. The number of hydrogen-bond acceptors (Lipinski definition) is 3. The summed E-state index contributed by atoms with van der Waals surface area (Å²) in [4.78, 5) is 16.3. The number of nitrogens with one attached hydrogen (secondary N) is 2. The number of carbonyl (C=O) groups is 1. The van der Waals surface area contributed by atoms with Gasteiger partial charge in [-0.25, -0.2) is 0 Å². The van der Waals surface area contributed by atoms with E-state index >= 15 is 0 Å². The Balaban J connectivity index is 2.12. The van der Waals surface area contributed by atoms with Gasteiger partial charge in [0.25, 0.3) is 5.91 Å². The molecule has 0 spiro atoms. The molecule has 1 atom stereocenters. The van der Waals surface area contributed by atoms with Gasteiger partial charge in [-0.2, -0.15) is 0 Å². The van der Waals surface area contributed by atoms with E-state index in [-0.39, 0.29) is 11.9 Å². The van der Waals surface area contributed by atoms with Crippen LogP contribution in [0.4, 0.5) is 5.69 Å². The minimum atomic E-state index is -0.139. The zero-order valence-electron chi connectivity index (χ0n) is 12.7. The molecule has 4 nitrogen and oxygen atoms in total. The predicted octanol–water partition coefficient (Wildman–Crippen LogP) is 3.31. The molecule has 0 aliphatic rings. The third-order valence-electron chi connectivity index (χ3n) is 3.29. The second-order valence-corrected chi connectivity index (χ2v) is 5.11. The fraction of sp³-hybridized carbons (Fsp3) is 0.294. The molecule has 110 valence electrons. The first-order chi connectivity index (χ1) is 10.1. The third kappa shape index (κ3) is 4.13. The van der Waals surface area contributed by atoms with Gasteiger partial charge in [0.15, 0.2) is 0 Å². The molecule has 0 aliphatic heterocycles. The van der Waals surface area contributed by atoms with E-state index in [0.717, 1.165) is 23.4 Å². The normalized spacial score (nSPS) is 12.0. The third-order valence-corrected chi connectivity index (χ3v) is 3.29. The van der Waals surface area contributed by atoms with E-state index < -0.39 is 0 Å². The molecule has 1 aromatic carbocycles. The number of hydrogen-bond donors (Lipinski definition) is 2. The molecular weight excluding hydrogens is 262 g/mol. The first-order valence-corrected chi connectivity index (χ1v) is 7.16. The van der Waals surface area contributed by atoms with E-state index in [2.05, 4.69) is 35.5 Å². The molecule has 2 N–H and O–H groups in total. The largest absolute Gasteiger partial charge is 0.322 e. The number of nitrogens with zero attached hydrogens (tertiary/aromatic N) is 1. The maximum absolute atomic E-state index is 12.2. The SMILES string of the molecule is CCNC(C)c1cccc(NC(=O)c2cncc(C)c2)c1. The van der Waals surface area contributed by atoms with E-state index in [1.54, 1.807) is 12.4 Å². The Hall–Kier alpha value is -2.20. The van der Waals surface area contributed by atoms with Gasteiger partial charge in [0, 0.05) is 24.1 Å². The van der Waals surface area contributed by atoms with E-state index in [9.17, 15) is 4.79 Å². The van der Waals surface area contributed by atoms with Crippen LogP contribution in [0.1, 0.15) is 41.4 Å². The second-order valence-electron chi connectivity index (χ2n) is 5.11. The summed E-state index contributed by atoms with van der Waals surface area (Å²) in [6, 6.07) is 9.97. The summed E-state index contributed by atoms with van der Waals surface area (Å²) < 4.78 is 0. The molecule has 0 fully saturated rings. The Bertz CT molecular complexity index is 625. The first kappa shape index (κ1) is 15.2. The summed E-state index contributed by atoms with van der Waals surface area (Å²) in [5.41, 5.74) is 3.48. The Morgan fingerprint density at radius 3 is 2.81 bits per heavy atom. The van der Waals surface area contributed by atoms with Crippen LogP contribution >= 0.6 is 0 Å². The van der Waals surface area contributed by atoms with Gasteiger partial charge in [0.05, 0.1) is 5.56 Å². The Morgan fingerprint density at radius 1 is 1.29 bits per heavy atom. The molecule has 0 radical (unpaired) electrons. The highest BCUT2D eigenvalue weighted by atomic mass is 16.1. The average molecular weight is 283 g/mol. The summed E-state index contributed by atoms with van der Waals surface area (Å²) in [6.07, 6.45) is 3.31. The van der Waals surface area contributed by atoms with Gasteiger partial charge in [-0.15, -0.1) is 0 Å². The molecular formula is C17H21N3O. The topological polar surface area (TPSA) is 54.0 Å². The number of aromatic nitrogens is 1. The van der Waals surface area contributed by atoms with Crippen LogP contribution in [0.15, 0.2) is 42.7 Å². The lowest BCUT2D eigenvalue weighted by Gasteiger charge is -2.14. The van der Waals surface area contributed by atoms with Crippen molar-refractivity contribution >= 4 is 11.6 Å². The minimum absolute atomic E-state index is 0.139. The smallest absolute Gasteiger partial charge is 0.257 e. The lowest BCUT2D eigenvalue weighted by atomic mass is 10.1. The van der Waals surface area contributed by atoms with Gasteiger partial charge in [0.1, 0.15) is 0 Å². The molecule has 21 heavy (non-hydrogen) atoms. The van der Waals surface area contributed by atoms with Gasteiger partial charge in [0.2, 0.25) is 0 Å². The number of aryl methyl sites for hydroxylation is 1. The Labute approximate surface area is 125 Å². The van der Waals surface area contributed by atoms with E-state index in [1.807, 2.05) is 31.2 Å². The number of carbonyl (C=O) groups excluding carboxylic acids is 1. The van der Waals surface area contributed by atoms with Crippen LogP contribution in [-0.4, -0.2) is 17.4 Å². The maximum Gasteiger partial charge on any atom is 0.257 e. The van der Waals surface area contributed by atoms with Crippen molar-refractivity contribution in [3.05, 3.63) is 59.4 Å². The molecule has 0 saturated heterocycles. The molecule has 0 aliphatic carbocycles. The highest BCUT2D eigenvalue weighted by Crippen LogP contribution is 2.18. The molecule has 2 aromatic rings. The molecule has 0 saturated carbocycles. The highest BCUT2D eigenvalue weighted by Gasteiger charge is 2.09. The van der Waals surface area contributed by atoms with Gasteiger partial charge in [-0.3, -0.25) is 9.78 Å². The number of pyridine rings is 1. The number of rotatable bonds is 5. The van der Waals surface area contributed by atoms with E-state index in [4.69, 9.17) is 0 Å². The van der Waals surface area contributed by atoms with Crippen LogP contribution in [0.25, 0.3) is 0 Å². The van der Waals surface area contributed by atoms with E-state index in [0.29, 0.717) is 5.56 Å². The monoisotopic (exact) mass is 283 g/mol. The molecule has 0 bridgehead atoms. The van der Waals surface area contributed by atoms with Crippen molar-refractivity contribution in [2.45, 2.75) is 26.8 Å². The zero-order chi connectivity index (χ0) is 15.2. The van der Waals surface area contributed by atoms with Crippen molar-refractivity contribution in [1.82, 2.24) is 10.3 Å². The second kappa shape index (κ2) is 6.99. The number of amides is 1. The lowest BCUT2D eigenvalue weighted by Crippen LogP contribution is -2.18. The summed E-state index contributed by atoms with van der Waals surface area (Å²) in [6.45, 7) is 7.01. The Morgan fingerprint density at radius 2 is 2.10 bits per heavy atom. The Kier molecular flexibility index (Phi) is 5.06. The molecule has 2 rings (SSSR count). The fourth-order valence-electron chi connectivity index (χ4n) is 2.19. The average Bonchev–Trinajstić information content (AvgIpc) is 2.48. The van der Waals surface area contributed by atoms with E-state index in [1.165, 1.54) is 0 Å². The summed E-state index contributed by atoms with van der Waals surface area (Å²) >= 11 is 0. The standard InChI is InChI=1S/C17H21N3O/c1-4-19-13(3)14-6-5-7-16(9-14)20-17(21)15-8-12(2)10-18-11-15/h5-11,13,19H,4H2,1-3H3,(H,20,21). The molecule has 4 heteroatoms. The molecule has 1 unspecified atom stereocenters. The first-order valence-electron chi connectivity index (χ1n) is 7.16. The number of benzene rings is 1. The fourth-order valence-corrected chi connectivity index (χ4v) is 2.19. The van der Waals surface area contributed by atoms with Crippen LogP contribution in [-0.2, 0) is 0 Å². The van der Waals surface area contributed by atoms with Crippen LogP contribution < -0.4 is 10.6 Å². The zero-order valence-corrected chi connectivity index (χ0v) is 12.7. The van der Waals surface area contributed by atoms with Gasteiger partial charge in [-0.05, 0) is 49.7 Å². The quantitative estimate of drug-likeness (QED) is 0.885. The van der Waals surface area contributed by atoms with Crippen molar-refractivity contribution in [3.63, 3.8) is 0 Å². The molecule has 1 heterocycles. The van der Waals surface area contributed by atoms with Crippen molar-refractivity contribution in [2.75, 3.05) is 11.9 Å². The van der Waals surface area contributed by atoms with Crippen LogP contribution in [0.5, 0.6) is 0 Å².